The van der Waals surface area contributed by atoms with E-state index in [0.717, 1.165) is 22.4 Å². The second-order valence-corrected chi connectivity index (χ2v) is 5.61. The van der Waals surface area contributed by atoms with Gasteiger partial charge in [0.05, 0.1) is 29.5 Å². The Bertz CT molecular complexity index is 1070. The predicted octanol–water partition coefficient (Wildman–Crippen LogP) is 2.11. The minimum Gasteiger partial charge on any atom is -0.319 e. The highest BCUT2D eigenvalue weighted by atomic mass is 16.2. The topological polar surface area (TPSA) is 90.5 Å². The van der Waals surface area contributed by atoms with Crippen LogP contribution in [0.4, 0.5) is 5.69 Å². The Morgan fingerprint density at radius 1 is 1.12 bits per heavy atom. The molecular formula is C17H15N7O. The van der Waals surface area contributed by atoms with Crippen molar-refractivity contribution in [3.63, 3.8) is 0 Å². The van der Waals surface area contributed by atoms with E-state index in [1.54, 1.807) is 10.9 Å². The summed E-state index contributed by atoms with van der Waals surface area (Å²) in [6, 6.07) is 11.3. The number of anilines is 1. The maximum Gasteiger partial charge on any atom is 0.277 e. The minimum atomic E-state index is -0.343. The average molecular weight is 333 g/mol. The molecule has 0 aliphatic heterocycles. The molecule has 0 spiro atoms. The molecule has 0 aliphatic rings. The van der Waals surface area contributed by atoms with Crippen LogP contribution in [0.5, 0.6) is 0 Å². The van der Waals surface area contributed by atoms with E-state index in [1.807, 2.05) is 50.4 Å². The van der Waals surface area contributed by atoms with Crippen LogP contribution in [0.1, 0.15) is 16.2 Å². The van der Waals surface area contributed by atoms with Gasteiger partial charge in [0, 0.05) is 12.4 Å². The van der Waals surface area contributed by atoms with Gasteiger partial charge in [-0.15, -0.1) is 5.10 Å². The normalized spacial score (nSPS) is 11.0. The third-order valence-electron chi connectivity index (χ3n) is 3.83. The summed E-state index contributed by atoms with van der Waals surface area (Å²) in [5.41, 5.74) is 3.23. The SMILES string of the molecule is Cc1nn(C)c2ncc(NC(=O)c3cnn(-c4ccccc4)n3)cc12. The van der Waals surface area contributed by atoms with Gasteiger partial charge in [-0.25, -0.2) is 4.98 Å². The molecule has 4 rings (SSSR count). The van der Waals surface area contributed by atoms with Crippen molar-refractivity contribution in [1.82, 2.24) is 29.8 Å². The number of hydrogen-bond donors (Lipinski definition) is 1. The van der Waals surface area contributed by atoms with Crippen LogP contribution in [0.3, 0.4) is 0 Å². The number of fused-ring (bicyclic) bond motifs is 1. The van der Waals surface area contributed by atoms with Crippen molar-refractivity contribution in [2.24, 2.45) is 7.05 Å². The first-order chi connectivity index (χ1) is 12.1. The quantitative estimate of drug-likeness (QED) is 0.620. The molecule has 0 atom stereocenters. The maximum absolute atomic E-state index is 12.4. The molecule has 3 aromatic heterocycles. The fraction of sp³-hybridized carbons (Fsp3) is 0.118. The van der Waals surface area contributed by atoms with E-state index in [-0.39, 0.29) is 11.6 Å². The first-order valence-corrected chi connectivity index (χ1v) is 7.70. The molecule has 1 aromatic carbocycles. The molecule has 0 bridgehead atoms. The van der Waals surface area contributed by atoms with Crippen LogP contribution in [0.2, 0.25) is 0 Å². The largest absolute Gasteiger partial charge is 0.319 e. The van der Waals surface area contributed by atoms with Gasteiger partial charge in [0.2, 0.25) is 0 Å². The Morgan fingerprint density at radius 3 is 2.72 bits per heavy atom. The molecule has 0 aliphatic carbocycles. The van der Waals surface area contributed by atoms with Crippen molar-refractivity contribution in [3.8, 4) is 5.69 Å². The van der Waals surface area contributed by atoms with E-state index >= 15 is 0 Å². The molecule has 124 valence electrons. The van der Waals surface area contributed by atoms with Crippen LogP contribution in [-0.4, -0.2) is 35.7 Å². The van der Waals surface area contributed by atoms with E-state index in [9.17, 15) is 4.79 Å². The number of carbonyl (C=O) groups is 1. The lowest BCUT2D eigenvalue weighted by Crippen LogP contribution is -2.13. The summed E-state index contributed by atoms with van der Waals surface area (Å²) < 4.78 is 1.71. The van der Waals surface area contributed by atoms with Gasteiger partial charge in [-0.3, -0.25) is 9.48 Å². The number of nitrogens with one attached hydrogen (secondary N) is 1. The number of aromatic nitrogens is 6. The summed E-state index contributed by atoms with van der Waals surface area (Å²) in [5.74, 6) is -0.343. The van der Waals surface area contributed by atoms with Crippen molar-refractivity contribution in [3.05, 3.63) is 60.2 Å². The maximum atomic E-state index is 12.4. The molecule has 0 saturated carbocycles. The van der Waals surface area contributed by atoms with Gasteiger partial charge < -0.3 is 5.32 Å². The summed E-state index contributed by atoms with van der Waals surface area (Å²) >= 11 is 0. The number of pyridine rings is 1. The highest BCUT2D eigenvalue weighted by Gasteiger charge is 2.13. The Morgan fingerprint density at radius 2 is 1.92 bits per heavy atom. The number of benzene rings is 1. The standard InChI is InChI=1S/C17H15N7O/c1-11-14-8-12(9-18-16(14)23(2)21-11)20-17(25)15-10-19-24(22-15)13-6-4-3-5-7-13/h3-10H,1-2H3,(H,20,25). The van der Waals surface area contributed by atoms with Crippen molar-refractivity contribution in [2.45, 2.75) is 6.92 Å². The number of hydrogen-bond acceptors (Lipinski definition) is 5. The number of amides is 1. The number of aryl methyl sites for hydroxylation is 2. The van der Waals surface area contributed by atoms with Crippen LogP contribution in [0.15, 0.2) is 48.8 Å². The molecule has 0 unspecified atom stereocenters. The van der Waals surface area contributed by atoms with Crippen molar-refractivity contribution in [1.29, 1.82) is 0 Å². The van der Waals surface area contributed by atoms with E-state index in [1.165, 1.54) is 11.0 Å². The van der Waals surface area contributed by atoms with Gasteiger partial charge in [-0.05, 0) is 25.1 Å². The van der Waals surface area contributed by atoms with Crippen LogP contribution >= 0.6 is 0 Å². The predicted molar refractivity (Wildman–Crippen MR) is 92.6 cm³/mol. The van der Waals surface area contributed by atoms with Gasteiger partial charge in [0.15, 0.2) is 11.3 Å². The van der Waals surface area contributed by atoms with E-state index < -0.39 is 0 Å². The lowest BCUT2D eigenvalue weighted by atomic mass is 10.2. The van der Waals surface area contributed by atoms with E-state index in [2.05, 4.69) is 25.6 Å². The Balaban J connectivity index is 1.58. The molecule has 4 aromatic rings. The highest BCUT2D eigenvalue weighted by Crippen LogP contribution is 2.19. The van der Waals surface area contributed by atoms with Gasteiger partial charge in [-0.1, -0.05) is 18.2 Å². The molecule has 25 heavy (non-hydrogen) atoms. The van der Waals surface area contributed by atoms with Crippen LogP contribution < -0.4 is 5.32 Å². The van der Waals surface area contributed by atoms with Crippen LogP contribution in [-0.2, 0) is 7.05 Å². The molecule has 0 radical (unpaired) electrons. The minimum absolute atomic E-state index is 0.229. The van der Waals surface area contributed by atoms with Gasteiger partial charge in [0.25, 0.3) is 5.91 Å². The lowest BCUT2D eigenvalue weighted by molar-refractivity contribution is 0.102. The Kier molecular flexibility index (Phi) is 3.50. The molecule has 1 N–H and O–H groups in total. The summed E-state index contributed by atoms with van der Waals surface area (Å²) in [6.07, 6.45) is 3.03. The zero-order chi connectivity index (χ0) is 17.4. The van der Waals surface area contributed by atoms with Crippen molar-refractivity contribution < 1.29 is 4.79 Å². The smallest absolute Gasteiger partial charge is 0.277 e. The van der Waals surface area contributed by atoms with Crippen molar-refractivity contribution >= 4 is 22.6 Å². The first-order valence-electron chi connectivity index (χ1n) is 7.70. The molecule has 8 heteroatoms. The van der Waals surface area contributed by atoms with Gasteiger partial charge >= 0.3 is 0 Å². The van der Waals surface area contributed by atoms with Gasteiger partial charge in [0.1, 0.15) is 0 Å². The van der Waals surface area contributed by atoms with Crippen LogP contribution in [0, 0.1) is 6.92 Å². The second kappa shape index (κ2) is 5.82. The fourth-order valence-corrected chi connectivity index (χ4v) is 2.62. The average Bonchev–Trinajstić information content (AvgIpc) is 3.22. The van der Waals surface area contributed by atoms with Crippen molar-refractivity contribution in [2.75, 3.05) is 5.32 Å². The second-order valence-electron chi connectivity index (χ2n) is 5.61. The zero-order valence-corrected chi connectivity index (χ0v) is 13.7. The molecule has 1 amide bonds. The number of para-hydroxylation sites is 1. The summed E-state index contributed by atoms with van der Waals surface area (Å²) in [4.78, 5) is 18.2. The zero-order valence-electron chi connectivity index (χ0n) is 13.7. The number of carbonyl (C=O) groups excluding carboxylic acids is 1. The highest BCUT2D eigenvalue weighted by molar-refractivity contribution is 6.03. The van der Waals surface area contributed by atoms with Crippen LogP contribution in [0.25, 0.3) is 16.7 Å². The molecule has 3 heterocycles. The number of nitrogens with zero attached hydrogens (tertiary/aromatic N) is 6. The molecule has 0 saturated heterocycles. The van der Waals surface area contributed by atoms with Gasteiger partial charge in [-0.2, -0.15) is 15.0 Å². The van der Waals surface area contributed by atoms with E-state index in [0.29, 0.717) is 5.69 Å². The fourth-order valence-electron chi connectivity index (χ4n) is 2.62. The molecular weight excluding hydrogens is 318 g/mol. The molecule has 8 nitrogen and oxygen atoms in total. The summed E-state index contributed by atoms with van der Waals surface area (Å²) in [7, 11) is 1.84. The Hall–Kier alpha value is -3.55. The lowest BCUT2D eigenvalue weighted by Gasteiger charge is -2.03. The monoisotopic (exact) mass is 333 g/mol. The third kappa shape index (κ3) is 2.74. The first kappa shape index (κ1) is 15.0. The Labute approximate surface area is 143 Å². The van der Waals surface area contributed by atoms with E-state index in [4.69, 9.17) is 0 Å². The third-order valence-corrected chi connectivity index (χ3v) is 3.83. The summed E-state index contributed by atoms with van der Waals surface area (Å²) in [5, 5.41) is 16.4. The summed E-state index contributed by atoms with van der Waals surface area (Å²) in [6.45, 7) is 1.90. The molecule has 0 fully saturated rings. The number of rotatable bonds is 3.